The van der Waals surface area contributed by atoms with Crippen molar-refractivity contribution in [3.05, 3.63) is 29.3 Å². The monoisotopic (exact) mass is 345 g/mol. The van der Waals surface area contributed by atoms with Crippen LogP contribution in [0.25, 0.3) is 6.08 Å². The number of nitrogens with one attached hydrogen (secondary N) is 2. The highest BCUT2D eigenvalue weighted by molar-refractivity contribution is 6.31. The normalized spacial score (nSPS) is 14.3. The minimum absolute atomic E-state index is 0.0697. The van der Waals surface area contributed by atoms with Crippen molar-refractivity contribution in [1.29, 1.82) is 0 Å². The smallest absolute Gasteiger partial charge is 0.328 e. The van der Waals surface area contributed by atoms with Gasteiger partial charge in [0.15, 0.2) is 0 Å². The second-order valence-corrected chi connectivity index (χ2v) is 5.86. The van der Waals surface area contributed by atoms with Gasteiger partial charge in [0.2, 0.25) is 0 Å². The summed E-state index contributed by atoms with van der Waals surface area (Å²) in [5.74, 6) is -0.876. The zero-order chi connectivity index (χ0) is 18.6. The van der Waals surface area contributed by atoms with Gasteiger partial charge in [0.25, 0.3) is 11.8 Å². The Morgan fingerprint density at radius 3 is 2.20 bits per heavy atom. The molecule has 0 unspecified atom stereocenters. The molecule has 1 heterocycles. The van der Waals surface area contributed by atoms with Crippen LogP contribution in [-0.4, -0.2) is 37.0 Å². The summed E-state index contributed by atoms with van der Waals surface area (Å²) in [5, 5.41) is 4.12. The largest absolute Gasteiger partial charge is 0.490 e. The van der Waals surface area contributed by atoms with Crippen LogP contribution in [0.1, 0.15) is 33.3 Å². The average molecular weight is 345 g/mol. The van der Waals surface area contributed by atoms with Gasteiger partial charge in [0.1, 0.15) is 11.3 Å². The fraction of sp³-hybridized carbons (Fsp3) is 0.389. The van der Waals surface area contributed by atoms with Gasteiger partial charge in [-0.2, -0.15) is 0 Å². The Labute approximate surface area is 147 Å². The number of hydrogen-bond donors (Lipinski definition) is 2. The summed E-state index contributed by atoms with van der Waals surface area (Å²) < 4.78 is 5.86. The molecular formula is C18H23N3O4. The van der Waals surface area contributed by atoms with Gasteiger partial charge < -0.3 is 9.64 Å². The van der Waals surface area contributed by atoms with E-state index in [-0.39, 0.29) is 11.7 Å². The molecule has 0 aromatic heterocycles. The number of rotatable bonds is 6. The number of imide groups is 2. The lowest BCUT2D eigenvalue weighted by Crippen LogP contribution is -2.51. The third-order valence-corrected chi connectivity index (χ3v) is 3.73. The summed E-state index contributed by atoms with van der Waals surface area (Å²) in [6, 6.07) is 4.79. The first kappa shape index (κ1) is 18.5. The maximum Gasteiger partial charge on any atom is 0.328 e. The van der Waals surface area contributed by atoms with Gasteiger partial charge in [-0.3, -0.25) is 20.2 Å². The molecule has 1 fully saturated rings. The van der Waals surface area contributed by atoms with Crippen LogP contribution in [0.3, 0.4) is 0 Å². The average Bonchev–Trinajstić information content (AvgIpc) is 2.53. The predicted molar refractivity (Wildman–Crippen MR) is 95.4 cm³/mol. The Morgan fingerprint density at radius 1 is 1.08 bits per heavy atom. The molecule has 7 heteroatoms. The van der Waals surface area contributed by atoms with E-state index in [1.54, 1.807) is 6.07 Å². The van der Waals surface area contributed by atoms with E-state index in [9.17, 15) is 14.4 Å². The van der Waals surface area contributed by atoms with Crippen molar-refractivity contribution in [2.24, 2.45) is 0 Å². The van der Waals surface area contributed by atoms with Crippen molar-refractivity contribution in [3.63, 3.8) is 0 Å². The van der Waals surface area contributed by atoms with E-state index in [4.69, 9.17) is 4.74 Å². The number of carbonyl (C=O) groups excluding carboxylic acids is 3. The number of amides is 4. The lowest BCUT2D eigenvalue weighted by atomic mass is 10.1. The van der Waals surface area contributed by atoms with E-state index in [1.165, 1.54) is 6.08 Å². The number of carbonyl (C=O) groups is 3. The minimum Gasteiger partial charge on any atom is -0.490 e. The Hall–Kier alpha value is -2.83. The second-order valence-electron chi connectivity index (χ2n) is 5.86. The molecule has 0 bridgehead atoms. The summed E-state index contributed by atoms with van der Waals surface area (Å²) in [5.41, 5.74) is 1.46. The zero-order valence-corrected chi connectivity index (χ0v) is 14.9. The first-order chi connectivity index (χ1) is 11.8. The Morgan fingerprint density at radius 2 is 1.68 bits per heavy atom. The molecule has 1 aliphatic rings. The van der Waals surface area contributed by atoms with E-state index < -0.39 is 17.8 Å². The zero-order valence-electron chi connectivity index (χ0n) is 14.9. The fourth-order valence-electron chi connectivity index (χ4n) is 2.55. The number of anilines is 1. The lowest BCUT2D eigenvalue weighted by Gasteiger charge is -2.23. The molecule has 4 amide bonds. The molecular weight excluding hydrogens is 322 g/mol. The van der Waals surface area contributed by atoms with Gasteiger partial charge in [-0.25, -0.2) is 4.79 Å². The third kappa shape index (κ3) is 4.37. The SMILES string of the molecule is CCN(CC)c1ccc(C=C2C(=O)NC(=O)NC2=O)c(OC(C)C)c1. The Balaban J connectivity index is 2.45. The maximum absolute atomic E-state index is 11.9. The van der Waals surface area contributed by atoms with Crippen molar-refractivity contribution < 1.29 is 19.1 Å². The first-order valence-corrected chi connectivity index (χ1v) is 8.29. The molecule has 25 heavy (non-hydrogen) atoms. The molecule has 2 N–H and O–H groups in total. The fourth-order valence-corrected chi connectivity index (χ4v) is 2.55. The van der Waals surface area contributed by atoms with Crippen molar-refractivity contribution in [2.45, 2.75) is 33.8 Å². The van der Waals surface area contributed by atoms with Crippen molar-refractivity contribution in [3.8, 4) is 5.75 Å². The quantitative estimate of drug-likeness (QED) is 0.609. The minimum atomic E-state index is -0.817. The summed E-state index contributed by atoms with van der Waals surface area (Å²) >= 11 is 0. The van der Waals surface area contributed by atoms with Crippen molar-refractivity contribution >= 4 is 29.6 Å². The van der Waals surface area contributed by atoms with Crippen LogP contribution >= 0.6 is 0 Å². The molecule has 2 rings (SSSR count). The second kappa shape index (κ2) is 7.83. The standard InChI is InChI=1S/C18H23N3O4/c1-5-21(6-2)13-8-7-12(15(10-13)25-11(3)4)9-14-16(22)19-18(24)20-17(14)23/h7-11H,5-6H2,1-4H3,(H2,19,20,22,23,24). The summed E-state index contributed by atoms with van der Waals surface area (Å²) in [6.45, 7) is 9.64. The molecule has 1 aromatic carbocycles. The molecule has 1 aromatic rings. The topological polar surface area (TPSA) is 87.7 Å². The van der Waals surface area contributed by atoms with Gasteiger partial charge in [0.05, 0.1) is 6.10 Å². The van der Waals surface area contributed by atoms with Crippen molar-refractivity contribution in [1.82, 2.24) is 10.6 Å². The molecule has 0 saturated carbocycles. The highest BCUT2D eigenvalue weighted by atomic mass is 16.5. The van der Waals surface area contributed by atoms with E-state index in [0.717, 1.165) is 18.8 Å². The predicted octanol–water partition coefficient (Wildman–Crippen LogP) is 2.07. The van der Waals surface area contributed by atoms with Gasteiger partial charge in [-0.15, -0.1) is 0 Å². The van der Waals surface area contributed by atoms with Crippen LogP contribution in [0.15, 0.2) is 23.8 Å². The maximum atomic E-state index is 11.9. The summed E-state index contributed by atoms with van der Waals surface area (Å²) in [6.07, 6.45) is 1.36. The van der Waals surface area contributed by atoms with Crippen molar-refractivity contribution in [2.75, 3.05) is 18.0 Å². The summed E-state index contributed by atoms with van der Waals surface area (Å²) in [7, 11) is 0. The Kier molecular flexibility index (Phi) is 5.80. The van der Waals surface area contributed by atoms with E-state index in [0.29, 0.717) is 11.3 Å². The molecule has 0 aliphatic carbocycles. The van der Waals surface area contributed by atoms with Crippen LogP contribution in [-0.2, 0) is 9.59 Å². The van der Waals surface area contributed by atoms with Crippen LogP contribution < -0.4 is 20.3 Å². The number of hydrogen-bond acceptors (Lipinski definition) is 5. The molecule has 134 valence electrons. The van der Waals surface area contributed by atoms with E-state index >= 15 is 0 Å². The summed E-state index contributed by atoms with van der Waals surface area (Å²) in [4.78, 5) is 37.1. The number of benzene rings is 1. The van der Waals surface area contributed by atoms with Gasteiger partial charge >= 0.3 is 6.03 Å². The molecule has 0 spiro atoms. The highest BCUT2D eigenvalue weighted by Crippen LogP contribution is 2.29. The lowest BCUT2D eigenvalue weighted by molar-refractivity contribution is -0.123. The van der Waals surface area contributed by atoms with E-state index in [1.807, 2.05) is 26.0 Å². The number of barbiturate groups is 1. The van der Waals surface area contributed by atoms with Gasteiger partial charge in [0, 0.05) is 30.4 Å². The van der Waals surface area contributed by atoms with Crippen LogP contribution in [0.2, 0.25) is 0 Å². The number of urea groups is 1. The molecule has 0 radical (unpaired) electrons. The van der Waals surface area contributed by atoms with Gasteiger partial charge in [-0.05, 0) is 45.9 Å². The number of ether oxygens (including phenoxy) is 1. The molecule has 0 atom stereocenters. The Bertz CT molecular complexity index is 699. The van der Waals surface area contributed by atoms with Crippen LogP contribution in [0.4, 0.5) is 10.5 Å². The number of nitrogens with zero attached hydrogens (tertiary/aromatic N) is 1. The third-order valence-electron chi connectivity index (χ3n) is 3.73. The van der Waals surface area contributed by atoms with Crippen LogP contribution in [0, 0.1) is 0 Å². The highest BCUT2D eigenvalue weighted by Gasteiger charge is 2.28. The van der Waals surface area contributed by atoms with Crippen LogP contribution in [0.5, 0.6) is 5.75 Å². The first-order valence-electron chi connectivity index (χ1n) is 8.29. The van der Waals surface area contributed by atoms with Gasteiger partial charge in [-0.1, -0.05) is 0 Å². The van der Waals surface area contributed by atoms with E-state index in [2.05, 4.69) is 29.4 Å². The molecule has 7 nitrogen and oxygen atoms in total. The molecule has 1 saturated heterocycles. The molecule has 1 aliphatic heterocycles.